The van der Waals surface area contributed by atoms with Crippen LogP contribution in [0.2, 0.25) is 0 Å². The number of hydrogen-bond acceptors (Lipinski definition) is 4. The molecule has 4 aromatic rings. The molecule has 2 heterocycles. The van der Waals surface area contributed by atoms with Crippen molar-refractivity contribution >= 4 is 34.3 Å². The van der Waals surface area contributed by atoms with Gasteiger partial charge in [0.25, 0.3) is 5.56 Å². The number of nitrogens with zero attached hydrogens (tertiary/aromatic N) is 3. The van der Waals surface area contributed by atoms with Gasteiger partial charge < -0.3 is 5.11 Å². The van der Waals surface area contributed by atoms with E-state index in [1.165, 1.54) is 7.05 Å². The van der Waals surface area contributed by atoms with Crippen LogP contribution < -0.4 is 11.2 Å². The number of benzene rings is 3. The third kappa shape index (κ3) is 2.62. The van der Waals surface area contributed by atoms with Crippen molar-refractivity contribution in [2.75, 3.05) is 0 Å². The van der Waals surface area contributed by atoms with Crippen LogP contribution >= 0.6 is 0 Å². The zero-order valence-corrected chi connectivity index (χ0v) is 16.1. The fourth-order valence-electron chi connectivity index (χ4n) is 3.78. The highest BCUT2D eigenvalue weighted by atomic mass is 16.3. The van der Waals surface area contributed by atoms with Gasteiger partial charge in [0.1, 0.15) is 5.56 Å². The fourth-order valence-corrected chi connectivity index (χ4v) is 3.78. The Kier molecular flexibility index (Phi) is 3.99. The molecule has 0 spiro atoms. The first kappa shape index (κ1) is 17.9. The van der Waals surface area contributed by atoms with E-state index in [1.54, 1.807) is 24.4 Å². The number of hydrogen-bond donors (Lipinski definition) is 1. The molecule has 0 unspecified atom stereocenters. The van der Waals surface area contributed by atoms with E-state index in [4.69, 9.17) is 0 Å². The van der Waals surface area contributed by atoms with Crippen molar-refractivity contribution in [3.63, 3.8) is 0 Å². The summed E-state index contributed by atoms with van der Waals surface area (Å²) in [6.45, 7) is 0. The molecule has 146 valence electrons. The fraction of sp³-hybridized carbons (Fsp3) is 0.0417. The molecule has 30 heavy (non-hydrogen) atoms. The van der Waals surface area contributed by atoms with Crippen LogP contribution in [-0.2, 0) is 7.05 Å². The molecule has 3 aromatic carbocycles. The first-order chi connectivity index (χ1) is 14.6. The Labute approximate surface area is 171 Å². The maximum absolute atomic E-state index is 13.4. The second-order valence-corrected chi connectivity index (χ2v) is 7.09. The van der Waals surface area contributed by atoms with Gasteiger partial charge in [-0.3, -0.25) is 14.4 Å². The van der Waals surface area contributed by atoms with Crippen molar-refractivity contribution in [2.45, 2.75) is 0 Å². The van der Waals surface area contributed by atoms with Crippen LogP contribution in [0.3, 0.4) is 0 Å². The van der Waals surface area contributed by atoms with Gasteiger partial charge in [-0.2, -0.15) is 0 Å². The van der Waals surface area contributed by atoms with Crippen LogP contribution in [0.4, 0.5) is 5.69 Å². The monoisotopic (exact) mass is 395 g/mol. The van der Waals surface area contributed by atoms with Crippen molar-refractivity contribution < 1.29 is 5.11 Å². The quantitative estimate of drug-likeness (QED) is 0.563. The molecule has 0 bridgehead atoms. The summed E-state index contributed by atoms with van der Waals surface area (Å²) in [6, 6.07) is 20.5. The van der Waals surface area contributed by atoms with Gasteiger partial charge in [0, 0.05) is 29.8 Å². The number of aromatic nitrogens is 2. The standard InChI is InChI=1S/C24H17N3O3/c1-26-22(28)19(13-16-14-25-20-11-5-4-9-17(16)20)23(29)27(24(26)30)21-12-6-8-15-7-2-3-10-18(15)21/h2-14,28H,1H3/b16-13+. The van der Waals surface area contributed by atoms with Crippen molar-refractivity contribution in [3.8, 4) is 11.6 Å². The van der Waals surface area contributed by atoms with Gasteiger partial charge in [-0.15, -0.1) is 0 Å². The molecular weight excluding hydrogens is 378 g/mol. The molecule has 0 radical (unpaired) electrons. The third-order valence-corrected chi connectivity index (χ3v) is 5.34. The summed E-state index contributed by atoms with van der Waals surface area (Å²) >= 11 is 0. The summed E-state index contributed by atoms with van der Waals surface area (Å²) in [7, 11) is 1.44. The summed E-state index contributed by atoms with van der Waals surface area (Å²) < 4.78 is 2.18. The molecule has 0 amide bonds. The third-order valence-electron chi connectivity index (χ3n) is 5.34. The molecule has 6 nitrogen and oxygen atoms in total. The van der Waals surface area contributed by atoms with Gasteiger partial charge in [0.2, 0.25) is 5.88 Å². The number of aliphatic imine (C=N–C) groups is 1. The van der Waals surface area contributed by atoms with Crippen LogP contribution in [0.1, 0.15) is 11.1 Å². The molecular formula is C24H17N3O3. The molecule has 6 heteroatoms. The Bertz CT molecular complexity index is 1500. The zero-order valence-electron chi connectivity index (χ0n) is 16.1. The second kappa shape index (κ2) is 6.70. The summed E-state index contributed by atoms with van der Waals surface area (Å²) in [5.41, 5.74) is 1.65. The molecule has 1 aliphatic heterocycles. The predicted octanol–water partition coefficient (Wildman–Crippen LogP) is 3.65. The number of aromatic hydroxyl groups is 1. The van der Waals surface area contributed by atoms with Crippen molar-refractivity contribution in [2.24, 2.45) is 12.0 Å². The van der Waals surface area contributed by atoms with E-state index in [9.17, 15) is 14.7 Å². The predicted molar refractivity (Wildman–Crippen MR) is 119 cm³/mol. The minimum absolute atomic E-state index is 0.0307. The Hall–Kier alpha value is -4.19. The highest BCUT2D eigenvalue weighted by molar-refractivity contribution is 6.21. The number of fused-ring (bicyclic) bond motifs is 2. The number of allylic oxidation sites excluding steroid dienone is 1. The number of para-hydroxylation sites is 1. The Morgan fingerprint density at radius 1 is 0.933 bits per heavy atom. The first-order valence-corrected chi connectivity index (χ1v) is 9.44. The van der Waals surface area contributed by atoms with E-state index >= 15 is 0 Å². The minimum Gasteiger partial charge on any atom is -0.494 e. The first-order valence-electron chi connectivity index (χ1n) is 9.44. The van der Waals surface area contributed by atoms with Crippen LogP contribution in [0.15, 0.2) is 81.3 Å². The maximum atomic E-state index is 13.4. The maximum Gasteiger partial charge on any atom is 0.338 e. The van der Waals surface area contributed by atoms with E-state index < -0.39 is 11.2 Å². The van der Waals surface area contributed by atoms with E-state index in [1.807, 2.05) is 54.6 Å². The Morgan fingerprint density at radius 2 is 1.67 bits per heavy atom. The SMILES string of the molecule is Cn1c(O)c(/C=C2\C=Nc3ccccc32)c(=O)n(-c2cccc3ccccc23)c1=O. The molecule has 0 saturated heterocycles. The molecule has 1 aromatic heterocycles. The minimum atomic E-state index is -0.614. The lowest BCUT2D eigenvalue weighted by Crippen LogP contribution is -2.39. The summed E-state index contributed by atoms with van der Waals surface area (Å²) in [5.74, 6) is -0.383. The Balaban J connectivity index is 1.81. The van der Waals surface area contributed by atoms with Gasteiger partial charge in [0.15, 0.2) is 0 Å². The average molecular weight is 395 g/mol. The van der Waals surface area contributed by atoms with Crippen LogP contribution in [-0.4, -0.2) is 20.5 Å². The summed E-state index contributed by atoms with van der Waals surface area (Å²) in [5, 5.41) is 12.3. The normalized spacial score (nSPS) is 13.8. The molecule has 0 fully saturated rings. The largest absolute Gasteiger partial charge is 0.494 e. The molecule has 5 rings (SSSR count). The van der Waals surface area contributed by atoms with Crippen LogP contribution in [0.5, 0.6) is 5.88 Å². The highest BCUT2D eigenvalue weighted by Gasteiger charge is 2.20. The molecule has 0 atom stereocenters. The van der Waals surface area contributed by atoms with E-state index in [-0.39, 0.29) is 11.4 Å². The Morgan fingerprint density at radius 3 is 2.53 bits per heavy atom. The molecule has 0 aliphatic carbocycles. The lowest BCUT2D eigenvalue weighted by atomic mass is 10.0. The average Bonchev–Trinajstić information content (AvgIpc) is 3.18. The molecule has 0 saturated carbocycles. The molecule has 1 aliphatic rings. The van der Waals surface area contributed by atoms with E-state index in [0.717, 1.165) is 31.2 Å². The van der Waals surface area contributed by atoms with Gasteiger partial charge in [0.05, 0.1) is 11.4 Å². The summed E-state index contributed by atoms with van der Waals surface area (Å²) in [6.07, 6.45) is 3.23. The second-order valence-electron chi connectivity index (χ2n) is 7.09. The lowest BCUT2D eigenvalue weighted by molar-refractivity contribution is 0.413. The topological polar surface area (TPSA) is 76.6 Å². The van der Waals surface area contributed by atoms with Crippen LogP contribution in [0, 0.1) is 0 Å². The van der Waals surface area contributed by atoms with Gasteiger partial charge in [-0.05, 0) is 23.6 Å². The van der Waals surface area contributed by atoms with Crippen molar-refractivity contribution in [1.82, 2.24) is 9.13 Å². The van der Waals surface area contributed by atoms with Crippen molar-refractivity contribution in [3.05, 3.63) is 98.7 Å². The van der Waals surface area contributed by atoms with Crippen molar-refractivity contribution in [1.29, 1.82) is 0 Å². The van der Waals surface area contributed by atoms with E-state index in [2.05, 4.69) is 4.99 Å². The van der Waals surface area contributed by atoms with Gasteiger partial charge in [-0.1, -0.05) is 54.6 Å². The van der Waals surface area contributed by atoms with Crippen LogP contribution in [0.25, 0.3) is 28.1 Å². The molecule has 1 N–H and O–H groups in total. The highest BCUT2D eigenvalue weighted by Crippen LogP contribution is 2.32. The van der Waals surface area contributed by atoms with Gasteiger partial charge >= 0.3 is 5.69 Å². The van der Waals surface area contributed by atoms with E-state index in [0.29, 0.717) is 11.3 Å². The lowest BCUT2D eigenvalue weighted by Gasteiger charge is -2.13. The van der Waals surface area contributed by atoms with Gasteiger partial charge in [-0.25, -0.2) is 9.36 Å². The zero-order chi connectivity index (χ0) is 20.8. The number of rotatable bonds is 2. The smallest absolute Gasteiger partial charge is 0.338 e. The summed E-state index contributed by atoms with van der Waals surface area (Å²) in [4.78, 5) is 30.7.